The van der Waals surface area contributed by atoms with E-state index in [1.165, 1.54) is 34.5 Å². The molecule has 206 valence electrons. The minimum Gasteiger partial charge on any atom is -0.206 e. The van der Waals surface area contributed by atoms with Crippen molar-refractivity contribution < 1.29 is 4.39 Å². The molecule has 4 aromatic carbocycles. The SMILES string of the molecule is CC(C)C[Si@H]1CC[C@H](c2ccc(CCc3cccc(Br)c3)cc2)CC1.N#Cc1ccc(-c2ccccc2)c(F)c1. The van der Waals surface area contributed by atoms with Crippen molar-refractivity contribution >= 4 is 24.7 Å². The lowest BCUT2D eigenvalue weighted by atomic mass is 9.92. The minimum atomic E-state index is -0.410. The van der Waals surface area contributed by atoms with Gasteiger partial charge in [-0.25, -0.2) is 4.39 Å². The van der Waals surface area contributed by atoms with Gasteiger partial charge in [-0.2, -0.15) is 5.26 Å². The van der Waals surface area contributed by atoms with Crippen LogP contribution >= 0.6 is 15.9 Å². The van der Waals surface area contributed by atoms with Gasteiger partial charge in [0.2, 0.25) is 0 Å². The minimum absolute atomic E-state index is 0.340. The predicted molar refractivity (Wildman–Crippen MR) is 173 cm³/mol. The Morgan fingerprint density at radius 2 is 1.55 bits per heavy atom. The first-order valence-corrected chi connectivity index (χ1v) is 17.7. The van der Waals surface area contributed by atoms with Gasteiger partial charge < -0.3 is 0 Å². The molecule has 0 bridgehead atoms. The Kier molecular flexibility index (Phi) is 11.3. The molecule has 4 aromatic rings. The second-order valence-corrected chi connectivity index (χ2v) is 15.7. The molecular formula is C36H39BrFNSi. The van der Waals surface area contributed by atoms with Crippen LogP contribution in [0.25, 0.3) is 11.1 Å². The Balaban J connectivity index is 0.000000210. The van der Waals surface area contributed by atoms with Crippen LogP contribution in [0.1, 0.15) is 54.9 Å². The third-order valence-electron chi connectivity index (χ3n) is 7.88. The number of halogens is 2. The number of hydrogen-bond acceptors (Lipinski definition) is 1. The van der Waals surface area contributed by atoms with Crippen molar-refractivity contribution in [3.05, 3.63) is 130 Å². The summed E-state index contributed by atoms with van der Waals surface area (Å²) >= 11 is 3.56. The van der Waals surface area contributed by atoms with E-state index in [2.05, 4.69) is 78.3 Å². The summed E-state index contributed by atoms with van der Waals surface area (Å²) in [4.78, 5) is 0. The van der Waals surface area contributed by atoms with Crippen LogP contribution in [-0.2, 0) is 12.8 Å². The highest BCUT2D eigenvalue weighted by Gasteiger charge is 2.23. The lowest BCUT2D eigenvalue weighted by molar-refractivity contribution is 0.597. The molecule has 0 saturated carbocycles. The topological polar surface area (TPSA) is 23.8 Å². The summed E-state index contributed by atoms with van der Waals surface area (Å²) in [5.41, 5.74) is 6.14. The Hall–Kier alpha value is -3.00. The van der Waals surface area contributed by atoms with Gasteiger partial charge in [-0.3, -0.25) is 0 Å². The third-order valence-corrected chi connectivity index (χ3v) is 12.3. The van der Waals surface area contributed by atoms with E-state index in [-0.39, 0.29) is 5.82 Å². The van der Waals surface area contributed by atoms with Crippen LogP contribution in [-0.4, -0.2) is 8.80 Å². The van der Waals surface area contributed by atoms with E-state index in [0.717, 1.165) is 30.2 Å². The lowest BCUT2D eigenvalue weighted by Crippen LogP contribution is -2.21. The third kappa shape index (κ3) is 9.01. The molecule has 0 unspecified atom stereocenters. The van der Waals surface area contributed by atoms with Crippen molar-refractivity contribution in [1.29, 1.82) is 5.26 Å². The molecule has 1 nitrogen and oxygen atoms in total. The van der Waals surface area contributed by atoms with E-state index >= 15 is 0 Å². The van der Waals surface area contributed by atoms with Crippen molar-refractivity contribution in [1.82, 2.24) is 0 Å². The van der Waals surface area contributed by atoms with E-state index in [0.29, 0.717) is 11.1 Å². The average Bonchev–Trinajstić information content (AvgIpc) is 2.97. The molecule has 4 heteroatoms. The highest BCUT2D eigenvalue weighted by molar-refractivity contribution is 9.10. The molecule has 0 N–H and O–H groups in total. The highest BCUT2D eigenvalue weighted by Crippen LogP contribution is 2.35. The highest BCUT2D eigenvalue weighted by atomic mass is 79.9. The van der Waals surface area contributed by atoms with Crippen molar-refractivity contribution in [2.24, 2.45) is 5.92 Å². The first-order chi connectivity index (χ1) is 19.4. The number of aryl methyl sites for hydroxylation is 2. The summed E-state index contributed by atoms with van der Waals surface area (Å²) in [5.74, 6) is 1.38. The van der Waals surface area contributed by atoms with Crippen molar-refractivity contribution in [3.8, 4) is 17.2 Å². The normalized spacial score (nSPS) is 16.6. The maximum Gasteiger partial charge on any atom is 0.132 e. The monoisotopic (exact) mass is 611 g/mol. The molecule has 1 aliphatic rings. The van der Waals surface area contributed by atoms with Crippen molar-refractivity contribution in [3.63, 3.8) is 0 Å². The zero-order valence-electron chi connectivity index (χ0n) is 23.6. The molecule has 0 radical (unpaired) electrons. The molecular weight excluding hydrogens is 573 g/mol. The van der Waals surface area contributed by atoms with E-state index in [1.807, 2.05) is 36.4 Å². The standard InChI is InChI=1S/C23H31BrSi.C13H8FN/c1-18(2)17-25-14-12-22(13-15-25)21-10-8-19(9-11-21)6-7-20-4-3-5-23(24)16-20;14-13-8-10(9-15)6-7-12(13)11-4-2-1-3-5-11/h3-5,8-11,16,18,22,25H,6-7,12-15,17H2,1-2H3;1-8H/t22-,25-;. The largest absolute Gasteiger partial charge is 0.206 e. The molecule has 40 heavy (non-hydrogen) atoms. The van der Waals surface area contributed by atoms with Crippen LogP contribution in [0.3, 0.4) is 0 Å². The Morgan fingerprint density at radius 3 is 2.17 bits per heavy atom. The van der Waals surface area contributed by atoms with Crippen LogP contribution < -0.4 is 0 Å². The fourth-order valence-corrected chi connectivity index (χ4v) is 10.1. The molecule has 0 aliphatic carbocycles. The zero-order valence-corrected chi connectivity index (χ0v) is 26.4. The van der Waals surface area contributed by atoms with Gasteiger partial charge >= 0.3 is 0 Å². The van der Waals surface area contributed by atoms with Gasteiger partial charge in [0.25, 0.3) is 0 Å². The van der Waals surface area contributed by atoms with E-state index in [4.69, 9.17) is 5.26 Å². The average molecular weight is 613 g/mol. The summed E-state index contributed by atoms with van der Waals surface area (Å²) < 4.78 is 14.7. The summed E-state index contributed by atoms with van der Waals surface area (Å²) in [5, 5.41) is 8.61. The zero-order chi connectivity index (χ0) is 28.3. The molecule has 0 amide bonds. The number of nitriles is 1. The number of rotatable bonds is 7. The smallest absolute Gasteiger partial charge is 0.132 e. The summed E-state index contributed by atoms with van der Waals surface area (Å²) in [7, 11) is -0.410. The van der Waals surface area contributed by atoms with Gasteiger partial charge in [0.1, 0.15) is 5.82 Å². The van der Waals surface area contributed by atoms with Crippen molar-refractivity contribution in [2.75, 3.05) is 0 Å². The van der Waals surface area contributed by atoms with Gasteiger partial charge in [0, 0.05) is 18.8 Å². The Bertz CT molecular complexity index is 1390. The van der Waals surface area contributed by atoms with Gasteiger partial charge in [-0.05, 0) is 84.0 Å². The maximum atomic E-state index is 13.6. The van der Waals surface area contributed by atoms with Crippen LogP contribution in [0.2, 0.25) is 18.1 Å². The summed E-state index contributed by atoms with van der Waals surface area (Å²) in [6.07, 6.45) is 5.14. The maximum absolute atomic E-state index is 13.6. The van der Waals surface area contributed by atoms with Gasteiger partial charge in [-0.1, -0.05) is 121 Å². The quantitative estimate of drug-likeness (QED) is 0.191. The van der Waals surface area contributed by atoms with Crippen LogP contribution in [0.5, 0.6) is 0 Å². The number of hydrogen-bond donors (Lipinski definition) is 0. The molecule has 1 saturated heterocycles. The predicted octanol–water partition coefficient (Wildman–Crippen LogP) is 10.4. The molecule has 1 aliphatic heterocycles. The molecule has 1 fully saturated rings. The molecule has 5 rings (SSSR count). The first kappa shape index (κ1) is 30.0. The summed E-state index contributed by atoms with van der Waals surface area (Å²) in [6.45, 7) is 4.79. The fourth-order valence-electron chi connectivity index (χ4n) is 5.77. The fraction of sp³-hybridized carbons (Fsp3) is 0.306. The number of benzene rings is 4. The van der Waals surface area contributed by atoms with Gasteiger partial charge in [-0.15, -0.1) is 0 Å². The lowest BCUT2D eigenvalue weighted by Gasteiger charge is -2.29. The van der Waals surface area contributed by atoms with Crippen LogP contribution in [0.4, 0.5) is 4.39 Å². The van der Waals surface area contributed by atoms with Gasteiger partial charge in [0.05, 0.1) is 11.6 Å². The Morgan fingerprint density at radius 1 is 0.850 bits per heavy atom. The van der Waals surface area contributed by atoms with Gasteiger partial charge in [0.15, 0.2) is 0 Å². The Labute approximate surface area is 249 Å². The second-order valence-electron chi connectivity index (χ2n) is 11.4. The van der Waals surface area contributed by atoms with Crippen molar-refractivity contribution in [2.45, 2.75) is 63.6 Å². The van der Waals surface area contributed by atoms with E-state index in [1.54, 1.807) is 35.8 Å². The molecule has 0 spiro atoms. The van der Waals surface area contributed by atoms with E-state index in [9.17, 15) is 4.39 Å². The second kappa shape index (κ2) is 15.1. The molecule has 1 heterocycles. The first-order valence-electron chi connectivity index (χ1n) is 14.5. The summed E-state index contributed by atoms with van der Waals surface area (Å²) in [6, 6.07) is 38.6. The molecule has 0 aromatic heterocycles. The van der Waals surface area contributed by atoms with Crippen LogP contribution in [0, 0.1) is 23.1 Å². The van der Waals surface area contributed by atoms with Crippen LogP contribution in [0.15, 0.2) is 102 Å². The number of nitrogens with zero attached hydrogens (tertiary/aromatic N) is 1. The molecule has 0 atom stereocenters. The van der Waals surface area contributed by atoms with E-state index < -0.39 is 8.80 Å².